The van der Waals surface area contributed by atoms with E-state index >= 15 is 0 Å². The molecule has 3 nitrogen and oxygen atoms in total. The van der Waals surface area contributed by atoms with Crippen LogP contribution in [0.25, 0.3) is 0 Å². The second-order valence-corrected chi connectivity index (χ2v) is 2.66. The molecule has 54 valence electrons. The number of rotatable bonds is 0. The second-order valence-electron chi connectivity index (χ2n) is 2.66. The zero-order valence-corrected chi connectivity index (χ0v) is 5.53. The third-order valence-electron chi connectivity index (χ3n) is 2.01. The quantitative estimate of drug-likeness (QED) is 0.310. The van der Waals surface area contributed by atoms with Crippen LogP contribution in [-0.4, -0.2) is 17.2 Å². The molecule has 3 rings (SSSR count). The zero-order valence-electron chi connectivity index (χ0n) is 5.53. The maximum Gasteiger partial charge on any atom is 0.233 e. The Morgan fingerprint density at radius 3 is 2.70 bits per heavy atom. The molecule has 3 aliphatic rings. The lowest BCUT2D eigenvalue weighted by atomic mass is 9.91. The Balaban J connectivity index is 2.27. The first-order chi connectivity index (χ1) is 4.90. The van der Waals surface area contributed by atoms with Crippen LogP contribution >= 0.6 is 0 Å². The number of hydrogen-bond donors (Lipinski definition) is 1. The molecule has 2 atom stereocenters. The van der Waals surface area contributed by atoms with Crippen molar-refractivity contribution in [3.63, 3.8) is 0 Å². The Kier molecular flexibility index (Phi) is 1.16. The van der Waals surface area contributed by atoms with Crippen molar-refractivity contribution in [3.05, 3.63) is 12.2 Å². The van der Waals surface area contributed by atoms with Gasteiger partial charge in [-0.15, -0.1) is 0 Å². The molecule has 0 spiro atoms. The molecule has 2 heterocycles. The summed E-state index contributed by atoms with van der Waals surface area (Å²) in [6, 6.07) is 0. The van der Waals surface area contributed by atoms with Gasteiger partial charge in [-0.05, 0) is 18.9 Å². The summed E-state index contributed by atoms with van der Waals surface area (Å²) in [5.41, 5.74) is 0. The van der Waals surface area contributed by atoms with E-state index in [1.165, 1.54) is 0 Å². The Bertz CT molecular complexity index is 198. The predicted octanol–water partition coefficient (Wildman–Crippen LogP) is 1.14. The third-order valence-corrected chi connectivity index (χ3v) is 2.01. The average Bonchev–Trinajstić information content (AvgIpc) is 2.06. The van der Waals surface area contributed by atoms with Crippen molar-refractivity contribution in [1.29, 1.82) is 0 Å². The second kappa shape index (κ2) is 2.01. The molecular formula is C7H9NO2. The molecule has 0 amide bonds. The maximum absolute atomic E-state index is 8.44. The molecule has 2 aliphatic heterocycles. The predicted molar refractivity (Wildman–Crippen MR) is 36.0 cm³/mol. The topological polar surface area (TPSA) is 41.8 Å². The molecule has 2 unspecified atom stereocenters. The lowest BCUT2D eigenvalue weighted by Crippen LogP contribution is -2.33. The van der Waals surface area contributed by atoms with Gasteiger partial charge in [-0.25, -0.2) is 0 Å². The van der Waals surface area contributed by atoms with Gasteiger partial charge in [-0.1, -0.05) is 11.2 Å². The van der Waals surface area contributed by atoms with Gasteiger partial charge in [0.15, 0.2) is 0 Å². The molecular weight excluding hydrogens is 130 g/mol. The molecule has 0 aromatic heterocycles. The van der Waals surface area contributed by atoms with Gasteiger partial charge in [0.05, 0.1) is 5.92 Å². The summed E-state index contributed by atoms with van der Waals surface area (Å²) in [7, 11) is 0. The smallest absolute Gasteiger partial charge is 0.233 e. The first-order valence-corrected chi connectivity index (χ1v) is 3.47. The number of ether oxygens (including phenoxy) is 1. The van der Waals surface area contributed by atoms with Crippen LogP contribution < -0.4 is 0 Å². The van der Waals surface area contributed by atoms with Gasteiger partial charge in [-0.3, -0.25) is 0 Å². The van der Waals surface area contributed by atoms with Crippen molar-refractivity contribution in [1.82, 2.24) is 0 Å². The largest absolute Gasteiger partial charge is 0.471 e. The van der Waals surface area contributed by atoms with E-state index < -0.39 is 0 Å². The molecule has 1 saturated heterocycles. The van der Waals surface area contributed by atoms with Crippen LogP contribution in [0.2, 0.25) is 0 Å². The van der Waals surface area contributed by atoms with Crippen LogP contribution in [0.15, 0.2) is 17.3 Å². The van der Waals surface area contributed by atoms with Gasteiger partial charge < -0.3 is 9.94 Å². The van der Waals surface area contributed by atoms with Gasteiger partial charge in [-0.2, -0.15) is 0 Å². The fraction of sp³-hybridized carbons (Fsp3) is 0.571. The van der Waals surface area contributed by atoms with Crippen molar-refractivity contribution in [2.75, 3.05) is 0 Å². The Hall–Kier alpha value is -0.990. The van der Waals surface area contributed by atoms with Crippen molar-refractivity contribution in [3.8, 4) is 0 Å². The number of nitrogens with zero attached hydrogens (tertiary/aromatic N) is 1. The SMILES string of the molecule is ON=C1OC2C=CC1CC2. The number of oxime groups is 1. The van der Waals surface area contributed by atoms with Crippen molar-refractivity contribution < 1.29 is 9.94 Å². The zero-order chi connectivity index (χ0) is 6.97. The normalized spacial score (nSPS) is 40.2. The minimum absolute atomic E-state index is 0.163. The Labute approximate surface area is 59.0 Å². The molecule has 10 heavy (non-hydrogen) atoms. The molecule has 0 saturated carbocycles. The standard InChI is InChI=1S/C7H9NO2/c9-8-7-5-1-3-6(10-7)4-2-5/h1,3,5-6,9H,2,4H2. The van der Waals surface area contributed by atoms with E-state index in [1.807, 2.05) is 12.2 Å². The van der Waals surface area contributed by atoms with Crippen molar-refractivity contribution in [2.24, 2.45) is 11.1 Å². The van der Waals surface area contributed by atoms with Crippen LogP contribution in [-0.2, 0) is 4.74 Å². The van der Waals surface area contributed by atoms with E-state index in [9.17, 15) is 0 Å². The van der Waals surface area contributed by atoms with E-state index in [-0.39, 0.29) is 12.0 Å². The number of hydrogen-bond acceptors (Lipinski definition) is 3. The lowest BCUT2D eigenvalue weighted by Gasteiger charge is -2.31. The van der Waals surface area contributed by atoms with Crippen LogP contribution in [0, 0.1) is 5.92 Å². The monoisotopic (exact) mass is 139 g/mol. The highest BCUT2D eigenvalue weighted by Gasteiger charge is 2.29. The molecule has 0 aromatic rings. The minimum atomic E-state index is 0.163. The lowest BCUT2D eigenvalue weighted by molar-refractivity contribution is 0.147. The van der Waals surface area contributed by atoms with E-state index in [2.05, 4.69) is 5.16 Å². The molecule has 0 radical (unpaired) electrons. The summed E-state index contributed by atoms with van der Waals surface area (Å²) in [6.07, 6.45) is 6.35. The Morgan fingerprint density at radius 2 is 2.40 bits per heavy atom. The summed E-state index contributed by atoms with van der Waals surface area (Å²) in [4.78, 5) is 0. The third kappa shape index (κ3) is 0.701. The van der Waals surface area contributed by atoms with Crippen LogP contribution in [0.3, 0.4) is 0 Å². The molecule has 2 bridgehead atoms. The van der Waals surface area contributed by atoms with E-state index in [0.29, 0.717) is 5.90 Å². The summed E-state index contributed by atoms with van der Waals surface area (Å²) in [5, 5.41) is 11.5. The van der Waals surface area contributed by atoms with E-state index in [0.717, 1.165) is 12.8 Å². The van der Waals surface area contributed by atoms with Gasteiger partial charge >= 0.3 is 0 Å². The fourth-order valence-corrected chi connectivity index (χ4v) is 1.44. The summed E-state index contributed by atoms with van der Waals surface area (Å²) >= 11 is 0. The highest BCUT2D eigenvalue weighted by Crippen LogP contribution is 2.28. The van der Waals surface area contributed by atoms with Gasteiger partial charge in [0, 0.05) is 0 Å². The summed E-state index contributed by atoms with van der Waals surface area (Å²) < 4.78 is 5.25. The maximum atomic E-state index is 8.44. The highest BCUT2D eigenvalue weighted by atomic mass is 16.5. The van der Waals surface area contributed by atoms with E-state index in [4.69, 9.17) is 9.94 Å². The van der Waals surface area contributed by atoms with Crippen LogP contribution in [0.4, 0.5) is 0 Å². The molecule has 1 fully saturated rings. The van der Waals surface area contributed by atoms with Gasteiger partial charge in [0.1, 0.15) is 6.10 Å². The minimum Gasteiger partial charge on any atom is -0.471 e. The average molecular weight is 139 g/mol. The van der Waals surface area contributed by atoms with Gasteiger partial charge in [0.2, 0.25) is 5.90 Å². The van der Waals surface area contributed by atoms with Crippen molar-refractivity contribution >= 4 is 5.90 Å². The molecule has 1 aliphatic carbocycles. The Morgan fingerprint density at radius 1 is 1.50 bits per heavy atom. The highest BCUT2D eigenvalue weighted by molar-refractivity contribution is 5.81. The molecule has 0 aromatic carbocycles. The van der Waals surface area contributed by atoms with E-state index in [1.54, 1.807) is 0 Å². The fourth-order valence-electron chi connectivity index (χ4n) is 1.44. The molecule has 1 N–H and O–H groups in total. The van der Waals surface area contributed by atoms with Crippen LogP contribution in [0.5, 0.6) is 0 Å². The summed E-state index contributed by atoms with van der Waals surface area (Å²) in [6.45, 7) is 0. The summed E-state index contributed by atoms with van der Waals surface area (Å²) in [5.74, 6) is 0.716. The first-order valence-electron chi connectivity index (χ1n) is 3.47. The van der Waals surface area contributed by atoms with Crippen LogP contribution in [0.1, 0.15) is 12.8 Å². The van der Waals surface area contributed by atoms with Crippen molar-refractivity contribution in [2.45, 2.75) is 18.9 Å². The van der Waals surface area contributed by atoms with Gasteiger partial charge in [0.25, 0.3) is 0 Å². The molecule has 3 heteroatoms. The number of fused-ring (bicyclic) bond motifs is 2. The first kappa shape index (κ1) is 5.77.